The van der Waals surface area contributed by atoms with Gasteiger partial charge in [-0.1, -0.05) is 4.49 Å². The number of amides is 1. The Balaban J connectivity index is 1.85. The molecule has 0 radical (unpaired) electrons. The standard InChI is InChI=1S/C14H15N3O4S/c1-9-13(22-17-16-9)14(20)15-10-4-6-11(7-5-10)21-8-2-3-12(18)19/h4-7H,2-3,8H2,1H3,(H,15,20)(H,18,19). The molecule has 0 spiro atoms. The SMILES string of the molecule is Cc1nnsc1C(=O)Nc1ccc(OCCCC(=O)O)cc1. The van der Waals surface area contributed by atoms with Gasteiger partial charge in [-0.25, -0.2) is 0 Å². The van der Waals surface area contributed by atoms with Crippen LogP contribution in [0.2, 0.25) is 0 Å². The number of carbonyl (C=O) groups is 2. The van der Waals surface area contributed by atoms with Crippen molar-refractivity contribution in [1.82, 2.24) is 9.59 Å². The summed E-state index contributed by atoms with van der Waals surface area (Å²) >= 11 is 1.05. The molecule has 1 heterocycles. The number of carbonyl (C=O) groups excluding carboxylic acids is 1. The van der Waals surface area contributed by atoms with E-state index in [0.29, 0.717) is 35.0 Å². The second-order valence-electron chi connectivity index (χ2n) is 4.51. The minimum atomic E-state index is -0.838. The lowest BCUT2D eigenvalue weighted by molar-refractivity contribution is -0.137. The van der Waals surface area contributed by atoms with Crippen molar-refractivity contribution in [2.75, 3.05) is 11.9 Å². The van der Waals surface area contributed by atoms with Gasteiger partial charge in [-0.05, 0) is 49.1 Å². The van der Waals surface area contributed by atoms with Crippen molar-refractivity contribution >= 4 is 29.1 Å². The Morgan fingerprint density at radius 2 is 2.05 bits per heavy atom. The predicted octanol–water partition coefficient (Wildman–Crippen LogP) is 2.34. The van der Waals surface area contributed by atoms with Crippen molar-refractivity contribution in [3.05, 3.63) is 34.8 Å². The highest BCUT2D eigenvalue weighted by molar-refractivity contribution is 7.08. The van der Waals surface area contributed by atoms with E-state index in [1.165, 1.54) is 0 Å². The second-order valence-corrected chi connectivity index (χ2v) is 5.27. The number of aryl methyl sites for hydroxylation is 1. The van der Waals surface area contributed by atoms with E-state index < -0.39 is 5.97 Å². The van der Waals surface area contributed by atoms with Crippen molar-refractivity contribution in [3.63, 3.8) is 0 Å². The summed E-state index contributed by atoms with van der Waals surface area (Å²) in [5.74, 6) is -0.462. The lowest BCUT2D eigenvalue weighted by atomic mass is 10.3. The molecule has 0 aliphatic carbocycles. The smallest absolute Gasteiger partial charge is 0.303 e. The molecule has 0 aliphatic rings. The minimum Gasteiger partial charge on any atom is -0.494 e. The molecule has 0 atom stereocenters. The zero-order valence-corrected chi connectivity index (χ0v) is 12.7. The maximum absolute atomic E-state index is 12.0. The number of hydrogen-bond donors (Lipinski definition) is 2. The van der Waals surface area contributed by atoms with E-state index in [1.54, 1.807) is 31.2 Å². The number of hydrogen-bond acceptors (Lipinski definition) is 6. The Morgan fingerprint density at radius 1 is 1.32 bits per heavy atom. The molecule has 1 aromatic heterocycles. The van der Waals surface area contributed by atoms with Crippen LogP contribution in [0.25, 0.3) is 0 Å². The molecular weight excluding hydrogens is 306 g/mol. The van der Waals surface area contributed by atoms with Gasteiger partial charge in [0.25, 0.3) is 5.91 Å². The molecule has 8 heteroatoms. The zero-order chi connectivity index (χ0) is 15.9. The molecule has 2 N–H and O–H groups in total. The molecule has 116 valence electrons. The molecule has 2 rings (SSSR count). The Hall–Kier alpha value is -2.48. The molecular formula is C14H15N3O4S. The number of carboxylic acid groups (broad SMARTS) is 1. The normalized spacial score (nSPS) is 10.2. The highest BCUT2D eigenvalue weighted by atomic mass is 32.1. The molecule has 22 heavy (non-hydrogen) atoms. The van der Waals surface area contributed by atoms with E-state index in [0.717, 1.165) is 11.5 Å². The number of benzene rings is 1. The average molecular weight is 321 g/mol. The molecule has 1 amide bonds. The van der Waals surface area contributed by atoms with E-state index in [2.05, 4.69) is 14.9 Å². The first-order valence-electron chi connectivity index (χ1n) is 6.61. The fraction of sp³-hybridized carbons (Fsp3) is 0.286. The van der Waals surface area contributed by atoms with Gasteiger partial charge in [-0.15, -0.1) is 5.10 Å². The molecule has 0 fully saturated rings. The van der Waals surface area contributed by atoms with Gasteiger partial charge in [0.15, 0.2) is 0 Å². The summed E-state index contributed by atoms with van der Waals surface area (Å²) in [5.41, 5.74) is 1.23. The van der Waals surface area contributed by atoms with Gasteiger partial charge in [0.2, 0.25) is 0 Å². The topological polar surface area (TPSA) is 101 Å². The van der Waals surface area contributed by atoms with Crippen molar-refractivity contribution < 1.29 is 19.4 Å². The number of anilines is 1. The van der Waals surface area contributed by atoms with Gasteiger partial charge in [-0.2, -0.15) is 0 Å². The molecule has 1 aromatic carbocycles. The number of nitrogens with zero attached hydrogens (tertiary/aromatic N) is 2. The van der Waals surface area contributed by atoms with Gasteiger partial charge in [0.1, 0.15) is 10.6 Å². The maximum Gasteiger partial charge on any atom is 0.303 e. The number of aromatic nitrogens is 2. The van der Waals surface area contributed by atoms with Gasteiger partial charge >= 0.3 is 5.97 Å². The van der Waals surface area contributed by atoms with E-state index in [9.17, 15) is 9.59 Å². The zero-order valence-electron chi connectivity index (χ0n) is 11.9. The van der Waals surface area contributed by atoms with Gasteiger partial charge in [-0.3, -0.25) is 9.59 Å². The van der Waals surface area contributed by atoms with Crippen molar-refractivity contribution in [1.29, 1.82) is 0 Å². The summed E-state index contributed by atoms with van der Waals surface area (Å²) in [7, 11) is 0. The van der Waals surface area contributed by atoms with Crippen molar-refractivity contribution in [2.24, 2.45) is 0 Å². The Morgan fingerprint density at radius 3 is 2.64 bits per heavy atom. The van der Waals surface area contributed by atoms with Crippen LogP contribution in [0.5, 0.6) is 5.75 Å². The van der Waals surface area contributed by atoms with Gasteiger partial charge in [0.05, 0.1) is 12.3 Å². The summed E-state index contributed by atoms with van der Waals surface area (Å²) in [6.07, 6.45) is 0.530. The largest absolute Gasteiger partial charge is 0.494 e. The van der Waals surface area contributed by atoms with E-state index >= 15 is 0 Å². The lowest BCUT2D eigenvalue weighted by Crippen LogP contribution is -2.11. The fourth-order valence-corrected chi connectivity index (χ4v) is 2.23. The molecule has 0 aliphatic heterocycles. The highest BCUT2D eigenvalue weighted by Crippen LogP contribution is 2.18. The van der Waals surface area contributed by atoms with Crippen LogP contribution in [-0.2, 0) is 4.79 Å². The van der Waals surface area contributed by atoms with Crippen molar-refractivity contribution in [2.45, 2.75) is 19.8 Å². The number of nitrogens with one attached hydrogen (secondary N) is 1. The summed E-state index contributed by atoms with van der Waals surface area (Å²) < 4.78 is 9.14. The Labute approximate surface area is 131 Å². The average Bonchev–Trinajstić information content (AvgIpc) is 2.91. The molecule has 7 nitrogen and oxygen atoms in total. The third-order valence-corrected chi connectivity index (χ3v) is 3.60. The van der Waals surface area contributed by atoms with Crippen LogP contribution < -0.4 is 10.1 Å². The number of aliphatic carboxylic acids is 1. The molecule has 0 bridgehead atoms. The first-order chi connectivity index (χ1) is 10.6. The Kier molecular flexibility index (Phi) is 5.42. The van der Waals surface area contributed by atoms with Gasteiger partial charge < -0.3 is 15.2 Å². The van der Waals surface area contributed by atoms with E-state index in [4.69, 9.17) is 9.84 Å². The third kappa shape index (κ3) is 4.52. The first kappa shape index (κ1) is 15.9. The number of rotatable bonds is 7. The van der Waals surface area contributed by atoms with Crippen LogP contribution in [0, 0.1) is 6.92 Å². The molecule has 0 unspecified atom stereocenters. The van der Waals surface area contributed by atoms with Crippen LogP contribution in [0.15, 0.2) is 24.3 Å². The number of carboxylic acids is 1. The van der Waals surface area contributed by atoms with Crippen molar-refractivity contribution in [3.8, 4) is 5.75 Å². The number of ether oxygens (including phenoxy) is 1. The van der Waals surface area contributed by atoms with Crippen LogP contribution in [0.3, 0.4) is 0 Å². The van der Waals surface area contributed by atoms with E-state index in [1.807, 2.05) is 0 Å². The molecule has 0 saturated heterocycles. The van der Waals surface area contributed by atoms with Gasteiger partial charge in [0, 0.05) is 12.1 Å². The minimum absolute atomic E-state index is 0.0797. The summed E-state index contributed by atoms with van der Waals surface area (Å²) in [6.45, 7) is 2.07. The van der Waals surface area contributed by atoms with Crippen LogP contribution >= 0.6 is 11.5 Å². The van der Waals surface area contributed by atoms with Crippen LogP contribution in [0.1, 0.15) is 28.2 Å². The second kappa shape index (κ2) is 7.51. The monoisotopic (exact) mass is 321 g/mol. The summed E-state index contributed by atoms with van der Waals surface area (Å²) in [4.78, 5) is 22.8. The highest BCUT2D eigenvalue weighted by Gasteiger charge is 2.13. The Bertz CT molecular complexity index is 654. The summed E-state index contributed by atoms with van der Waals surface area (Å²) in [5, 5.41) is 15.1. The fourth-order valence-electron chi connectivity index (χ4n) is 1.68. The molecule has 0 saturated carbocycles. The lowest BCUT2D eigenvalue weighted by Gasteiger charge is -2.07. The van der Waals surface area contributed by atoms with Crippen LogP contribution in [0.4, 0.5) is 5.69 Å². The van der Waals surface area contributed by atoms with Crippen LogP contribution in [-0.4, -0.2) is 33.2 Å². The third-order valence-electron chi connectivity index (χ3n) is 2.77. The quantitative estimate of drug-likeness (QED) is 0.759. The maximum atomic E-state index is 12.0. The predicted molar refractivity (Wildman–Crippen MR) is 81.4 cm³/mol. The summed E-state index contributed by atoms with van der Waals surface area (Å²) in [6, 6.07) is 6.87. The first-order valence-corrected chi connectivity index (χ1v) is 7.38. The molecule has 2 aromatic rings. The van der Waals surface area contributed by atoms with E-state index in [-0.39, 0.29) is 12.3 Å².